The van der Waals surface area contributed by atoms with E-state index in [2.05, 4.69) is 9.97 Å². The van der Waals surface area contributed by atoms with E-state index >= 15 is 0 Å². The first-order valence-corrected chi connectivity index (χ1v) is 8.37. The monoisotopic (exact) mass is 381 g/mol. The van der Waals surface area contributed by atoms with Crippen molar-refractivity contribution in [3.05, 3.63) is 53.9 Å². The van der Waals surface area contributed by atoms with Gasteiger partial charge in [0, 0.05) is 13.3 Å². The molecule has 5 nitrogen and oxygen atoms in total. The topological polar surface area (TPSA) is 55.3 Å². The third-order valence-corrected chi connectivity index (χ3v) is 4.60. The van der Waals surface area contributed by atoms with E-state index in [9.17, 15) is 18.0 Å². The number of nitrogens with zero attached hydrogens (tertiary/aromatic N) is 3. The number of thiazole rings is 1. The molecule has 0 aliphatic rings. The summed E-state index contributed by atoms with van der Waals surface area (Å²) in [6, 6.07) is 9.08. The van der Waals surface area contributed by atoms with Crippen LogP contribution in [-0.2, 0) is 22.3 Å². The molecule has 0 aliphatic heterocycles. The number of alkyl halides is 3. The molecule has 3 aromatic rings. The maximum absolute atomic E-state index is 13.2. The van der Waals surface area contributed by atoms with Crippen LogP contribution >= 0.6 is 11.3 Å². The lowest BCUT2D eigenvalue weighted by Gasteiger charge is -2.19. The number of hydrogen-bond acceptors (Lipinski definition) is 5. The van der Waals surface area contributed by atoms with Gasteiger partial charge in [0.1, 0.15) is 6.61 Å². The van der Waals surface area contributed by atoms with E-state index in [1.54, 1.807) is 30.5 Å². The molecule has 0 saturated heterocycles. The summed E-state index contributed by atoms with van der Waals surface area (Å²) in [7, 11) is 1.37. The van der Waals surface area contributed by atoms with Crippen molar-refractivity contribution >= 4 is 32.6 Å². The lowest BCUT2D eigenvalue weighted by atomic mass is 10.2. The number of rotatable bonds is 5. The number of amides is 1. The van der Waals surface area contributed by atoms with Crippen LogP contribution in [0.2, 0.25) is 0 Å². The zero-order chi connectivity index (χ0) is 18.7. The number of carbonyl (C=O) groups is 1. The number of carbonyl (C=O) groups excluding carboxylic acids is 1. The fourth-order valence-electron chi connectivity index (χ4n) is 2.40. The summed E-state index contributed by atoms with van der Waals surface area (Å²) in [5.41, 5.74) is -0.405. The summed E-state index contributed by atoms with van der Waals surface area (Å²) in [6.45, 7) is -0.126. The molecule has 1 aromatic carbocycles. The number of anilines is 1. The molecule has 1 amide bonds. The molecular weight excluding hydrogens is 367 g/mol. The van der Waals surface area contributed by atoms with Gasteiger partial charge in [-0.25, -0.2) is 4.98 Å². The van der Waals surface area contributed by atoms with E-state index in [0.29, 0.717) is 10.4 Å². The number of ether oxygens (including phenoxy) is 1. The largest absolute Gasteiger partial charge is 0.418 e. The molecule has 136 valence electrons. The van der Waals surface area contributed by atoms with E-state index in [0.717, 1.165) is 17.4 Å². The Morgan fingerprint density at radius 3 is 2.69 bits per heavy atom. The highest BCUT2D eigenvalue weighted by molar-refractivity contribution is 7.22. The lowest BCUT2D eigenvalue weighted by Crippen LogP contribution is -2.33. The molecule has 0 saturated carbocycles. The third kappa shape index (κ3) is 3.83. The highest BCUT2D eigenvalue weighted by Crippen LogP contribution is 2.38. The molecule has 3 rings (SSSR count). The van der Waals surface area contributed by atoms with Gasteiger partial charge in [-0.1, -0.05) is 23.5 Å². The fraction of sp³-hybridized carbons (Fsp3) is 0.235. The Morgan fingerprint density at radius 1 is 1.23 bits per heavy atom. The van der Waals surface area contributed by atoms with Crippen molar-refractivity contribution < 1.29 is 22.7 Å². The van der Waals surface area contributed by atoms with Crippen LogP contribution in [0.1, 0.15) is 11.3 Å². The Hall–Kier alpha value is -2.52. The van der Waals surface area contributed by atoms with Gasteiger partial charge in [-0.3, -0.25) is 14.7 Å². The Kier molecular flexibility index (Phi) is 5.19. The summed E-state index contributed by atoms with van der Waals surface area (Å²) in [5.74, 6) is -0.411. The number of aromatic nitrogens is 2. The first-order valence-electron chi connectivity index (χ1n) is 7.56. The predicted molar refractivity (Wildman–Crippen MR) is 91.9 cm³/mol. The molecule has 2 aromatic heterocycles. The Balaban J connectivity index is 2.05. The molecule has 2 heterocycles. The number of pyridine rings is 1. The van der Waals surface area contributed by atoms with Crippen LogP contribution in [0, 0.1) is 0 Å². The van der Waals surface area contributed by atoms with Gasteiger partial charge < -0.3 is 4.74 Å². The molecule has 26 heavy (non-hydrogen) atoms. The smallest absolute Gasteiger partial charge is 0.375 e. The Labute approximate surface area is 151 Å². The average molecular weight is 381 g/mol. The van der Waals surface area contributed by atoms with Crippen molar-refractivity contribution in [2.75, 3.05) is 18.6 Å². The van der Waals surface area contributed by atoms with E-state index in [4.69, 9.17) is 4.74 Å². The number of hydrogen-bond donors (Lipinski definition) is 0. The minimum Gasteiger partial charge on any atom is -0.375 e. The van der Waals surface area contributed by atoms with Crippen molar-refractivity contribution in [3.63, 3.8) is 0 Å². The predicted octanol–water partition coefficient (Wildman–Crippen LogP) is 3.89. The van der Waals surface area contributed by atoms with Crippen molar-refractivity contribution in [2.24, 2.45) is 0 Å². The van der Waals surface area contributed by atoms with Crippen LogP contribution in [-0.4, -0.2) is 29.6 Å². The second kappa shape index (κ2) is 7.38. The number of benzene rings is 1. The van der Waals surface area contributed by atoms with Crippen LogP contribution in [0.5, 0.6) is 0 Å². The molecule has 0 unspecified atom stereocenters. The summed E-state index contributed by atoms with van der Waals surface area (Å²) in [6.07, 6.45) is -2.94. The van der Waals surface area contributed by atoms with Crippen LogP contribution in [0.4, 0.5) is 18.3 Å². The first-order chi connectivity index (χ1) is 12.4. The maximum atomic E-state index is 13.2. The number of methoxy groups -OCH3 is 1. The molecule has 9 heteroatoms. The molecule has 0 fully saturated rings. The van der Waals surface area contributed by atoms with Crippen LogP contribution in [0.15, 0.2) is 42.6 Å². The Bertz CT molecular complexity index is 913. The van der Waals surface area contributed by atoms with Gasteiger partial charge in [-0.2, -0.15) is 13.2 Å². The minimum atomic E-state index is -4.52. The molecule has 0 aliphatic carbocycles. The fourth-order valence-corrected chi connectivity index (χ4v) is 3.41. The minimum absolute atomic E-state index is 0.0875. The molecule has 0 bridgehead atoms. The van der Waals surface area contributed by atoms with E-state index in [-0.39, 0.29) is 23.8 Å². The number of halogens is 3. The summed E-state index contributed by atoms with van der Waals surface area (Å²) in [5, 5.41) is 0.171. The van der Waals surface area contributed by atoms with Crippen molar-refractivity contribution in [1.82, 2.24) is 9.97 Å². The highest BCUT2D eigenvalue weighted by Gasteiger charge is 2.34. The number of fused-ring (bicyclic) bond motifs is 1. The van der Waals surface area contributed by atoms with E-state index < -0.39 is 17.6 Å². The van der Waals surface area contributed by atoms with Gasteiger partial charge in [0.15, 0.2) is 5.13 Å². The second-order valence-corrected chi connectivity index (χ2v) is 6.39. The van der Waals surface area contributed by atoms with Crippen LogP contribution in [0.25, 0.3) is 10.2 Å². The van der Waals surface area contributed by atoms with Crippen LogP contribution < -0.4 is 4.90 Å². The SMILES string of the molecule is COCC(=O)N(Cc1ccccn1)c1nc2c(C(F)(F)F)cccc2s1. The molecule has 0 radical (unpaired) electrons. The summed E-state index contributed by atoms with van der Waals surface area (Å²) < 4.78 is 44.9. The summed E-state index contributed by atoms with van der Waals surface area (Å²) >= 11 is 1.02. The molecule has 0 atom stereocenters. The van der Waals surface area contributed by atoms with Crippen molar-refractivity contribution in [3.8, 4) is 0 Å². The maximum Gasteiger partial charge on any atom is 0.418 e. The molecule has 0 N–H and O–H groups in total. The quantitative estimate of drug-likeness (QED) is 0.673. The van der Waals surface area contributed by atoms with Gasteiger partial charge in [-0.05, 0) is 24.3 Å². The van der Waals surface area contributed by atoms with Gasteiger partial charge in [0.05, 0.1) is 28.0 Å². The first kappa shape index (κ1) is 18.3. The van der Waals surface area contributed by atoms with E-state index in [1.165, 1.54) is 18.1 Å². The number of para-hydroxylation sites is 1. The highest BCUT2D eigenvalue weighted by atomic mass is 32.1. The Morgan fingerprint density at radius 2 is 2.04 bits per heavy atom. The third-order valence-electron chi connectivity index (χ3n) is 3.56. The normalized spacial score (nSPS) is 11.7. The van der Waals surface area contributed by atoms with Crippen molar-refractivity contribution in [1.29, 1.82) is 0 Å². The summed E-state index contributed by atoms with van der Waals surface area (Å²) in [4.78, 5) is 22.0. The molecule has 0 spiro atoms. The van der Waals surface area contributed by atoms with Gasteiger partial charge in [0.2, 0.25) is 0 Å². The lowest BCUT2D eigenvalue weighted by molar-refractivity contribution is -0.136. The zero-order valence-corrected chi connectivity index (χ0v) is 14.5. The van der Waals surface area contributed by atoms with E-state index in [1.807, 2.05) is 0 Å². The average Bonchev–Trinajstić information content (AvgIpc) is 3.03. The second-order valence-electron chi connectivity index (χ2n) is 5.38. The molecular formula is C17H14F3N3O2S. The van der Waals surface area contributed by atoms with Gasteiger partial charge in [0.25, 0.3) is 5.91 Å². The standard InChI is InChI=1S/C17H14F3N3O2S/c1-25-10-14(24)23(9-11-5-2-3-8-21-11)16-22-15-12(17(18,19)20)6-4-7-13(15)26-16/h2-8H,9-10H2,1H3. The zero-order valence-electron chi connectivity index (χ0n) is 13.7. The van der Waals surface area contributed by atoms with Crippen LogP contribution in [0.3, 0.4) is 0 Å². The van der Waals surface area contributed by atoms with Crippen molar-refractivity contribution in [2.45, 2.75) is 12.7 Å². The van der Waals surface area contributed by atoms with Gasteiger partial charge in [-0.15, -0.1) is 0 Å². The van der Waals surface area contributed by atoms with Gasteiger partial charge >= 0.3 is 6.18 Å².